The number of hydrogen-bond donors (Lipinski definition) is 1. The molecule has 3 heterocycles. The number of nitrogens with one attached hydrogen (secondary N) is 1. The number of methoxy groups -OCH3 is 3. The molecule has 12 nitrogen and oxygen atoms in total. The topological polar surface area (TPSA) is 143 Å². The third-order valence-corrected chi connectivity index (χ3v) is 6.72. The summed E-state index contributed by atoms with van der Waals surface area (Å²) in [5.74, 6) is 0.779. The van der Waals surface area contributed by atoms with Crippen LogP contribution in [0.3, 0.4) is 0 Å². The Labute approximate surface area is 208 Å². The maximum atomic E-state index is 13.2. The molecule has 0 saturated heterocycles. The van der Waals surface area contributed by atoms with Crippen LogP contribution in [0.25, 0.3) is 17.1 Å². The molecule has 1 aromatic carbocycles. The maximum Gasteiger partial charge on any atom is 0.243 e. The fourth-order valence-electron chi connectivity index (χ4n) is 3.58. The Balaban J connectivity index is 1.75. The highest BCUT2D eigenvalue weighted by Crippen LogP contribution is 2.37. The number of para-hydroxylation sites is 1. The molecule has 36 heavy (non-hydrogen) atoms. The normalized spacial score (nSPS) is 12.1. The SMILES string of the molecule is COc1cnc([C@@H](C)CS(=O)(=O)Nc2nnc(-c3cccnc3)n2-c2c(OC)cccc2OC)cn1. The first-order chi connectivity index (χ1) is 17.4. The molecule has 0 aliphatic carbocycles. The van der Waals surface area contributed by atoms with Crippen molar-refractivity contribution in [3.63, 3.8) is 0 Å². The number of sulfonamides is 1. The van der Waals surface area contributed by atoms with Crippen molar-refractivity contribution < 1.29 is 22.6 Å². The van der Waals surface area contributed by atoms with E-state index in [0.29, 0.717) is 40.1 Å². The van der Waals surface area contributed by atoms with E-state index in [4.69, 9.17) is 14.2 Å². The Kier molecular flexibility index (Phi) is 7.29. The molecule has 13 heteroatoms. The third-order valence-electron chi connectivity index (χ3n) is 5.29. The van der Waals surface area contributed by atoms with Crippen molar-refractivity contribution in [2.45, 2.75) is 12.8 Å². The number of nitrogens with zero attached hydrogens (tertiary/aromatic N) is 6. The Bertz CT molecular complexity index is 1410. The molecule has 1 atom stereocenters. The Morgan fingerprint density at radius 3 is 2.28 bits per heavy atom. The van der Waals surface area contributed by atoms with Crippen molar-refractivity contribution in [3.05, 3.63) is 60.8 Å². The first kappa shape index (κ1) is 24.9. The second-order valence-electron chi connectivity index (χ2n) is 7.70. The van der Waals surface area contributed by atoms with Crippen molar-refractivity contribution in [1.29, 1.82) is 0 Å². The van der Waals surface area contributed by atoms with E-state index in [1.807, 2.05) is 0 Å². The minimum Gasteiger partial charge on any atom is -0.494 e. The van der Waals surface area contributed by atoms with E-state index in [0.717, 1.165) is 0 Å². The van der Waals surface area contributed by atoms with Gasteiger partial charge in [-0.25, -0.2) is 13.4 Å². The van der Waals surface area contributed by atoms with Crippen LogP contribution in [0, 0.1) is 0 Å². The number of hydrogen-bond acceptors (Lipinski definition) is 10. The van der Waals surface area contributed by atoms with Crippen LogP contribution in [0.4, 0.5) is 5.95 Å². The van der Waals surface area contributed by atoms with Gasteiger partial charge in [-0.1, -0.05) is 13.0 Å². The molecule has 0 saturated carbocycles. The molecule has 0 fully saturated rings. The van der Waals surface area contributed by atoms with Crippen LogP contribution in [0.2, 0.25) is 0 Å². The molecule has 3 aromatic heterocycles. The van der Waals surface area contributed by atoms with Gasteiger partial charge in [0, 0.05) is 23.9 Å². The Morgan fingerprint density at radius 1 is 0.944 bits per heavy atom. The lowest BCUT2D eigenvalue weighted by Crippen LogP contribution is -2.23. The molecule has 0 unspecified atom stereocenters. The standard InChI is InChI=1S/C23H25N7O5S/c1-15(17-12-26-20(35-4)13-25-17)14-36(31,32)29-23-28-27-22(16-7-6-10-24-11-16)30(23)21-18(33-2)8-5-9-19(21)34-3/h5-13,15H,14H2,1-4H3,(H,28,29)/t15-/m0/s1. The predicted molar refractivity (Wildman–Crippen MR) is 132 cm³/mol. The number of rotatable bonds is 10. The van der Waals surface area contributed by atoms with E-state index in [9.17, 15) is 8.42 Å². The summed E-state index contributed by atoms with van der Waals surface area (Å²) in [6.45, 7) is 1.74. The monoisotopic (exact) mass is 511 g/mol. The number of pyridine rings is 1. The molecule has 0 aliphatic heterocycles. The van der Waals surface area contributed by atoms with Gasteiger partial charge in [-0.3, -0.25) is 19.3 Å². The minimum atomic E-state index is -3.91. The molecule has 4 rings (SSSR count). The van der Waals surface area contributed by atoms with Crippen LogP contribution < -0.4 is 18.9 Å². The van der Waals surface area contributed by atoms with Crippen molar-refractivity contribution in [1.82, 2.24) is 29.7 Å². The highest BCUT2D eigenvalue weighted by molar-refractivity contribution is 7.92. The lowest BCUT2D eigenvalue weighted by atomic mass is 10.1. The number of aromatic nitrogens is 6. The van der Waals surface area contributed by atoms with Crippen LogP contribution in [-0.4, -0.2) is 65.2 Å². The summed E-state index contributed by atoms with van der Waals surface area (Å²) in [7, 11) is 0.590. The van der Waals surface area contributed by atoms with Gasteiger partial charge in [-0.05, 0) is 24.3 Å². The maximum absolute atomic E-state index is 13.2. The summed E-state index contributed by atoms with van der Waals surface area (Å²) in [5.41, 5.74) is 1.55. The molecular weight excluding hydrogens is 486 g/mol. The second kappa shape index (κ2) is 10.6. The quantitative estimate of drug-likeness (QED) is 0.337. The van der Waals surface area contributed by atoms with Crippen molar-refractivity contribution in [3.8, 4) is 34.5 Å². The van der Waals surface area contributed by atoms with Crippen LogP contribution in [0.5, 0.6) is 17.4 Å². The molecule has 1 N–H and O–H groups in total. The zero-order valence-corrected chi connectivity index (χ0v) is 20.9. The Morgan fingerprint density at radius 2 is 1.69 bits per heavy atom. The summed E-state index contributed by atoms with van der Waals surface area (Å²) in [6.07, 6.45) is 6.16. The second-order valence-corrected chi connectivity index (χ2v) is 9.47. The van der Waals surface area contributed by atoms with Crippen molar-refractivity contribution in [2.24, 2.45) is 0 Å². The predicted octanol–water partition coefficient (Wildman–Crippen LogP) is 2.69. The highest BCUT2D eigenvalue weighted by Gasteiger charge is 2.26. The van der Waals surface area contributed by atoms with Gasteiger partial charge in [-0.15, -0.1) is 10.2 Å². The van der Waals surface area contributed by atoms with Gasteiger partial charge in [0.25, 0.3) is 0 Å². The Hall–Kier alpha value is -4.26. The summed E-state index contributed by atoms with van der Waals surface area (Å²) < 4.78 is 46.6. The summed E-state index contributed by atoms with van der Waals surface area (Å²) in [4.78, 5) is 12.5. The van der Waals surface area contributed by atoms with E-state index >= 15 is 0 Å². The van der Waals surface area contributed by atoms with Gasteiger partial charge in [0.05, 0.1) is 45.2 Å². The lowest BCUT2D eigenvalue weighted by molar-refractivity contribution is 0.391. The molecule has 0 bridgehead atoms. The van der Waals surface area contributed by atoms with E-state index in [-0.39, 0.29) is 11.7 Å². The van der Waals surface area contributed by atoms with E-state index in [2.05, 4.69) is 29.9 Å². The van der Waals surface area contributed by atoms with E-state index in [1.54, 1.807) is 49.6 Å². The van der Waals surface area contributed by atoms with Gasteiger partial charge in [0.15, 0.2) is 5.82 Å². The van der Waals surface area contributed by atoms with E-state index < -0.39 is 15.9 Å². The molecule has 0 radical (unpaired) electrons. The molecule has 0 spiro atoms. The van der Waals surface area contributed by atoms with Gasteiger partial charge in [0.1, 0.15) is 17.2 Å². The number of anilines is 1. The van der Waals surface area contributed by atoms with Gasteiger partial charge >= 0.3 is 0 Å². The average Bonchev–Trinajstić information content (AvgIpc) is 3.30. The van der Waals surface area contributed by atoms with Gasteiger partial charge < -0.3 is 14.2 Å². The van der Waals surface area contributed by atoms with E-state index in [1.165, 1.54) is 38.3 Å². The van der Waals surface area contributed by atoms with Crippen LogP contribution >= 0.6 is 0 Å². The largest absolute Gasteiger partial charge is 0.494 e. The van der Waals surface area contributed by atoms with Crippen LogP contribution in [0.15, 0.2) is 55.1 Å². The summed E-state index contributed by atoms with van der Waals surface area (Å²) >= 11 is 0. The number of ether oxygens (including phenoxy) is 3. The van der Waals surface area contributed by atoms with Gasteiger partial charge in [0.2, 0.25) is 21.9 Å². The minimum absolute atomic E-state index is 0.0373. The number of benzene rings is 1. The smallest absolute Gasteiger partial charge is 0.243 e. The molecule has 0 amide bonds. The highest BCUT2D eigenvalue weighted by atomic mass is 32.2. The van der Waals surface area contributed by atoms with Crippen LogP contribution in [-0.2, 0) is 10.0 Å². The third kappa shape index (κ3) is 5.20. The first-order valence-electron chi connectivity index (χ1n) is 10.8. The van der Waals surface area contributed by atoms with Crippen molar-refractivity contribution in [2.75, 3.05) is 31.8 Å². The van der Waals surface area contributed by atoms with Crippen molar-refractivity contribution >= 4 is 16.0 Å². The fraction of sp³-hybridized carbons (Fsp3) is 0.261. The van der Waals surface area contributed by atoms with Gasteiger partial charge in [-0.2, -0.15) is 0 Å². The zero-order chi connectivity index (χ0) is 25.7. The molecule has 4 aromatic rings. The lowest BCUT2D eigenvalue weighted by Gasteiger charge is -2.18. The molecule has 0 aliphatic rings. The van der Waals surface area contributed by atoms with Crippen LogP contribution in [0.1, 0.15) is 18.5 Å². The summed E-state index contributed by atoms with van der Waals surface area (Å²) in [5, 5.41) is 8.40. The first-order valence-corrected chi connectivity index (χ1v) is 12.5. The molecular formula is C23H25N7O5S. The average molecular weight is 512 g/mol. The summed E-state index contributed by atoms with van der Waals surface area (Å²) in [6, 6.07) is 8.76. The zero-order valence-electron chi connectivity index (χ0n) is 20.1. The molecule has 188 valence electrons. The fourth-order valence-corrected chi connectivity index (χ4v) is 4.90.